The summed E-state index contributed by atoms with van der Waals surface area (Å²) in [7, 11) is 1.51. The van der Waals surface area contributed by atoms with Gasteiger partial charge in [-0.05, 0) is 25.0 Å². The Labute approximate surface area is 164 Å². The van der Waals surface area contributed by atoms with Crippen LogP contribution in [0.1, 0.15) is 26.7 Å². The number of methoxy groups -OCH3 is 1. The average Bonchev–Trinajstić information content (AvgIpc) is 2.87. The lowest BCUT2D eigenvalue weighted by molar-refractivity contribution is -0.144. The van der Waals surface area contributed by atoms with Gasteiger partial charge in [-0.3, -0.25) is 24.2 Å². The SMILES string of the molecule is CCCN(CC(=O)Nc1ccccc1OC)CN1C(=O)C(=O)N(CCC)C1=O. The van der Waals surface area contributed by atoms with Crippen LogP contribution in [-0.4, -0.2) is 71.9 Å². The van der Waals surface area contributed by atoms with Crippen molar-refractivity contribution in [3.63, 3.8) is 0 Å². The maximum atomic E-state index is 12.5. The molecule has 152 valence electrons. The van der Waals surface area contributed by atoms with Crippen LogP contribution >= 0.6 is 0 Å². The highest BCUT2D eigenvalue weighted by Gasteiger charge is 2.44. The zero-order valence-corrected chi connectivity index (χ0v) is 16.4. The molecule has 1 N–H and O–H groups in total. The molecule has 1 aliphatic heterocycles. The molecular formula is C19H26N4O5. The van der Waals surface area contributed by atoms with Crippen molar-refractivity contribution in [2.45, 2.75) is 26.7 Å². The predicted molar refractivity (Wildman–Crippen MR) is 103 cm³/mol. The molecule has 1 heterocycles. The van der Waals surface area contributed by atoms with Crippen molar-refractivity contribution < 1.29 is 23.9 Å². The van der Waals surface area contributed by atoms with Crippen molar-refractivity contribution >= 4 is 29.4 Å². The van der Waals surface area contributed by atoms with Crippen LogP contribution < -0.4 is 10.1 Å². The van der Waals surface area contributed by atoms with E-state index < -0.39 is 17.8 Å². The fraction of sp³-hybridized carbons (Fsp3) is 0.474. The summed E-state index contributed by atoms with van der Waals surface area (Å²) in [5, 5.41) is 2.76. The van der Waals surface area contributed by atoms with Gasteiger partial charge in [-0.2, -0.15) is 0 Å². The van der Waals surface area contributed by atoms with Gasteiger partial charge in [0.25, 0.3) is 0 Å². The number of rotatable bonds is 10. The number of amides is 5. The summed E-state index contributed by atoms with van der Waals surface area (Å²) < 4.78 is 5.21. The number of ether oxygens (including phenoxy) is 1. The number of carbonyl (C=O) groups excluding carboxylic acids is 4. The second kappa shape index (κ2) is 9.84. The highest BCUT2D eigenvalue weighted by molar-refractivity contribution is 6.44. The van der Waals surface area contributed by atoms with Crippen LogP contribution in [0.2, 0.25) is 0 Å². The van der Waals surface area contributed by atoms with Gasteiger partial charge in [-0.25, -0.2) is 9.69 Å². The molecule has 0 saturated carbocycles. The summed E-state index contributed by atoms with van der Waals surface area (Å²) in [6, 6.07) is 6.38. The van der Waals surface area contributed by atoms with Crippen LogP contribution in [0.25, 0.3) is 0 Å². The maximum absolute atomic E-state index is 12.5. The van der Waals surface area contributed by atoms with Gasteiger partial charge >= 0.3 is 17.8 Å². The van der Waals surface area contributed by atoms with Crippen molar-refractivity contribution in [1.29, 1.82) is 0 Å². The van der Waals surface area contributed by atoms with Crippen LogP contribution in [0.3, 0.4) is 0 Å². The molecule has 0 unspecified atom stereocenters. The van der Waals surface area contributed by atoms with Gasteiger partial charge in [0, 0.05) is 13.1 Å². The third-order valence-electron chi connectivity index (χ3n) is 4.21. The lowest BCUT2D eigenvalue weighted by Gasteiger charge is -2.25. The first-order valence-electron chi connectivity index (χ1n) is 9.25. The summed E-state index contributed by atoms with van der Waals surface area (Å²) in [5.41, 5.74) is 0.532. The third kappa shape index (κ3) is 4.86. The molecule has 1 saturated heterocycles. The van der Waals surface area contributed by atoms with Crippen molar-refractivity contribution in [2.75, 3.05) is 38.7 Å². The predicted octanol–water partition coefficient (Wildman–Crippen LogP) is 1.50. The largest absolute Gasteiger partial charge is 0.495 e. The molecule has 9 heteroatoms. The number of nitrogens with zero attached hydrogens (tertiary/aromatic N) is 3. The molecule has 2 rings (SSSR count). The molecule has 0 radical (unpaired) electrons. The first-order chi connectivity index (χ1) is 13.4. The minimum absolute atomic E-state index is 0.0368. The fourth-order valence-electron chi connectivity index (χ4n) is 2.95. The van der Waals surface area contributed by atoms with E-state index in [1.54, 1.807) is 29.2 Å². The number of carbonyl (C=O) groups is 4. The van der Waals surface area contributed by atoms with Crippen LogP contribution in [-0.2, 0) is 14.4 Å². The first kappa shape index (κ1) is 21.4. The van der Waals surface area contributed by atoms with Crippen LogP contribution in [0.4, 0.5) is 10.5 Å². The average molecular weight is 390 g/mol. The maximum Gasteiger partial charge on any atom is 0.335 e. The number of imide groups is 2. The summed E-state index contributed by atoms with van der Waals surface area (Å²) in [6.07, 6.45) is 1.28. The second-order valence-corrected chi connectivity index (χ2v) is 6.41. The molecule has 0 bridgehead atoms. The smallest absolute Gasteiger partial charge is 0.335 e. The molecule has 0 atom stereocenters. The number of anilines is 1. The first-order valence-corrected chi connectivity index (χ1v) is 9.25. The summed E-state index contributed by atoms with van der Waals surface area (Å²) in [4.78, 5) is 52.5. The van der Waals surface area contributed by atoms with Crippen LogP contribution in [0.15, 0.2) is 24.3 Å². The van der Waals surface area contributed by atoms with E-state index in [0.29, 0.717) is 30.8 Å². The Balaban J connectivity index is 2.05. The van der Waals surface area contributed by atoms with Gasteiger partial charge in [0.1, 0.15) is 5.75 Å². The van der Waals surface area contributed by atoms with E-state index in [0.717, 1.165) is 9.80 Å². The number of hydrogen-bond acceptors (Lipinski definition) is 6. The van der Waals surface area contributed by atoms with Crippen LogP contribution in [0.5, 0.6) is 5.75 Å². The Bertz CT molecular complexity index is 752. The molecule has 0 aromatic heterocycles. The van der Waals surface area contributed by atoms with E-state index in [2.05, 4.69) is 5.32 Å². The van der Waals surface area contributed by atoms with E-state index in [-0.39, 0.29) is 25.7 Å². The van der Waals surface area contributed by atoms with E-state index in [1.165, 1.54) is 7.11 Å². The number of urea groups is 1. The topological polar surface area (TPSA) is 99.3 Å². The highest BCUT2D eigenvalue weighted by Crippen LogP contribution is 2.23. The Morgan fingerprint density at radius 1 is 1.07 bits per heavy atom. The normalized spacial score (nSPS) is 14.2. The number of hydrogen-bond donors (Lipinski definition) is 1. The molecule has 9 nitrogen and oxygen atoms in total. The fourth-order valence-corrected chi connectivity index (χ4v) is 2.95. The van der Waals surface area contributed by atoms with Crippen molar-refractivity contribution in [1.82, 2.24) is 14.7 Å². The summed E-state index contributed by atoms with van der Waals surface area (Å²) in [6.45, 7) is 4.27. The molecule has 1 fully saturated rings. The Morgan fingerprint density at radius 3 is 2.39 bits per heavy atom. The van der Waals surface area contributed by atoms with Crippen molar-refractivity contribution in [3.05, 3.63) is 24.3 Å². The molecule has 1 aromatic rings. The Hall–Kier alpha value is -2.94. The highest BCUT2D eigenvalue weighted by atomic mass is 16.5. The zero-order chi connectivity index (χ0) is 20.7. The van der Waals surface area contributed by atoms with Crippen molar-refractivity contribution in [3.8, 4) is 5.75 Å². The summed E-state index contributed by atoms with van der Waals surface area (Å²) in [5.74, 6) is -1.45. The minimum atomic E-state index is -0.857. The van der Waals surface area contributed by atoms with Crippen LogP contribution in [0, 0.1) is 0 Å². The van der Waals surface area contributed by atoms with Gasteiger partial charge < -0.3 is 10.1 Å². The zero-order valence-electron chi connectivity index (χ0n) is 16.4. The number of nitrogens with one attached hydrogen (secondary N) is 1. The Morgan fingerprint density at radius 2 is 1.75 bits per heavy atom. The van der Waals surface area contributed by atoms with E-state index in [9.17, 15) is 19.2 Å². The minimum Gasteiger partial charge on any atom is -0.495 e. The molecule has 0 spiro atoms. The van der Waals surface area contributed by atoms with Gasteiger partial charge in [-0.1, -0.05) is 26.0 Å². The van der Waals surface area contributed by atoms with E-state index >= 15 is 0 Å². The quantitative estimate of drug-likeness (QED) is 0.480. The monoisotopic (exact) mass is 390 g/mol. The lowest BCUT2D eigenvalue weighted by Crippen LogP contribution is -2.45. The molecule has 28 heavy (non-hydrogen) atoms. The Kier molecular flexibility index (Phi) is 7.51. The molecule has 5 amide bonds. The van der Waals surface area contributed by atoms with Gasteiger partial charge in [0.15, 0.2) is 0 Å². The molecule has 0 aliphatic carbocycles. The van der Waals surface area contributed by atoms with Gasteiger partial charge in [0.2, 0.25) is 5.91 Å². The molecular weight excluding hydrogens is 364 g/mol. The molecule has 1 aliphatic rings. The van der Waals surface area contributed by atoms with E-state index in [4.69, 9.17) is 4.74 Å². The third-order valence-corrected chi connectivity index (χ3v) is 4.21. The second-order valence-electron chi connectivity index (χ2n) is 6.41. The summed E-state index contributed by atoms with van der Waals surface area (Å²) >= 11 is 0. The van der Waals surface area contributed by atoms with Gasteiger partial charge in [-0.15, -0.1) is 0 Å². The number of para-hydroxylation sites is 2. The lowest BCUT2D eigenvalue weighted by atomic mass is 10.3. The van der Waals surface area contributed by atoms with E-state index in [1.807, 2.05) is 13.8 Å². The van der Waals surface area contributed by atoms with Crippen molar-refractivity contribution in [2.24, 2.45) is 0 Å². The van der Waals surface area contributed by atoms with Gasteiger partial charge in [0.05, 0.1) is 26.0 Å². The molecule has 1 aromatic carbocycles. The number of benzene rings is 1. The standard InChI is InChI=1S/C19H26N4O5/c1-4-10-21(12-16(24)20-14-8-6-7-9-15(14)28-3)13-23-18(26)17(25)22(11-5-2)19(23)27/h6-9H,4-5,10-13H2,1-3H3,(H,20,24).